The van der Waals surface area contributed by atoms with Gasteiger partial charge in [-0.3, -0.25) is 4.99 Å². The number of nitrogens with one attached hydrogen (secondary N) is 2. The van der Waals surface area contributed by atoms with E-state index < -0.39 is 0 Å². The second-order valence-electron chi connectivity index (χ2n) is 6.10. The highest BCUT2D eigenvalue weighted by molar-refractivity contribution is 14.0. The number of likely N-dealkylation sites (tertiary alicyclic amines) is 1. The molecule has 0 radical (unpaired) electrons. The van der Waals surface area contributed by atoms with Gasteiger partial charge in [-0.2, -0.15) is 0 Å². The lowest BCUT2D eigenvalue weighted by Crippen LogP contribution is -2.39. The van der Waals surface area contributed by atoms with Crippen LogP contribution in [0.1, 0.15) is 37.6 Å². The average molecular weight is 421 g/mol. The summed E-state index contributed by atoms with van der Waals surface area (Å²) in [5.41, 5.74) is 0.990. The zero-order chi connectivity index (χ0) is 15.2. The van der Waals surface area contributed by atoms with Gasteiger partial charge in [-0.05, 0) is 31.8 Å². The molecule has 0 bridgehead atoms. The van der Waals surface area contributed by atoms with E-state index in [-0.39, 0.29) is 24.0 Å². The summed E-state index contributed by atoms with van der Waals surface area (Å²) < 4.78 is 5.31. The van der Waals surface area contributed by atoms with Crippen LogP contribution in [0, 0.1) is 5.92 Å². The van der Waals surface area contributed by atoms with Crippen molar-refractivity contribution in [3.8, 4) is 0 Å². The number of nitrogens with zero attached hydrogens (tertiary/aromatic N) is 3. The largest absolute Gasteiger partial charge is 0.359 e. The van der Waals surface area contributed by atoms with Crippen LogP contribution >= 0.6 is 24.0 Å². The zero-order valence-corrected chi connectivity index (χ0v) is 16.3. The average Bonchev–Trinajstić information content (AvgIpc) is 3.08. The van der Waals surface area contributed by atoms with Gasteiger partial charge in [0.15, 0.2) is 11.7 Å². The van der Waals surface area contributed by atoms with Gasteiger partial charge in [0, 0.05) is 26.2 Å². The quantitative estimate of drug-likeness (QED) is 0.433. The first-order valence-corrected chi connectivity index (χ1v) is 7.67. The number of aliphatic imine (C=N–C) groups is 1. The number of aromatic nitrogens is 1. The van der Waals surface area contributed by atoms with Crippen LogP contribution in [0.15, 0.2) is 15.6 Å². The molecule has 126 valence electrons. The molecule has 22 heavy (non-hydrogen) atoms. The SMILES string of the molecule is CN=C(NCc1cc(C(C)C)no1)NCC1CCN(C)C1.I. The first-order chi connectivity index (χ1) is 10.1. The minimum Gasteiger partial charge on any atom is -0.359 e. The Morgan fingerprint density at radius 3 is 2.82 bits per heavy atom. The monoisotopic (exact) mass is 421 g/mol. The fraction of sp³-hybridized carbons (Fsp3) is 0.733. The summed E-state index contributed by atoms with van der Waals surface area (Å²) in [6.45, 7) is 8.11. The Hall–Kier alpha value is -0.830. The van der Waals surface area contributed by atoms with Crippen LogP contribution in [-0.2, 0) is 6.54 Å². The Bertz CT molecular complexity index is 474. The molecule has 0 spiro atoms. The maximum Gasteiger partial charge on any atom is 0.191 e. The first-order valence-electron chi connectivity index (χ1n) is 7.67. The molecule has 1 fully saturated rings. The molecule has 1 unspecified atom stereocenters. The van der Waals surface area contributed by atoms with Crippen LogP contribution in [0.2, 0.25) is 0 Å². The van der Waals surface area contributed by atoms with Crippen molar-refractivity contribution in [2.24, 2.45) is 10.9 Å². The fourth-order valence-corrected chi connectivity index (χ4v) is 2.51. The van der Waals surface area contributed by atoms with Crippen molar-refractivity contribution in [2.75, 3.05) is 33.7 Å². The third-order valence-electron chi connectivity index (χ3n) is 3.87. The van der Waals surface area contributed by atoms with Crippen molar-refractivity contribution in [1.82, 2.24) is 20.7 Å². The second kappa shape index (κ2) is 9.34. The highest BCUT2D eigenvalue weighted by Crippen LogP contribution is 2.14. The van der Waals surface area contributed by atoms with Gasteiger partial charge in [-0.25, -0.2) is 0 Å². The second-order valence-corrected chi connectivity index (χ2v) is 6.10. The lowest BCUT2D eigenvalue weighted by molar-refractivity contribution is 0.371. The van der Waals surface area contributed by atoms with Crippen molar-refractivity contribution in [3.05, 3.63) is 17.5 Å². The topological polar surface area (TPSA) is 65.7 Å². The molecular weight excluding hydrogens is 393 g/mol. The Labute approximate surface area is 150 Å². The Balaban J connectivity index is 0.00000242. The van der Waals surface area contributed by atoms with Crippen molar-refractivity contribution < 1.29 is 4.52 Å². The molecule has 7 heteroatoms. The molecule has 1 aromatic heterocycles. The molecule has 0 aromatic carbocycles. The Kier molecular flexibility index (Phi) is 8.16. The molecule has 1 saturated heterocycles. The summed E-state index contributed by atoms with van der Waals surface area (Å²) >= 11 is 0. The molecule has 1 aliphatic heterocycles. The van der Waals surface area contributed by atoms with Crippen molar-refractivity contribution in [3.63, 3.8) is 0 Å². The summed E-state index contributed by atoms with van der Waals surface area (Å²) in [4.78, 5) is 6.61. The number of hydrogen-bond acceptors (Lipinski definition) is 4. The van der Waals surface area contributed by atoms with Gasteiger partial charge in [0.2, 0.25) is 0 Å². The molecule has 6 nitrogen and oxygen atoms in total. The first kappa shape index (κ1) is 19.2. The summed E-state index contributed by atoms with van der Waals surface area (Å²) in [6.07, 6.45) is 1.25. The molecule has 0 aliphatic carbocycles. The van der Waals surface area contributed by atoms with Gasteiger partial charge in [0.25, 0.3) is 0 Å². The van der Waals surface area contributed by atoms with Gasteiger partial charge >= 0.3 is 0 Å². The van der Waals surface area contributed by atoms with E-state index in [2.05, 4.69) is 46.6 Å². The smallest absolute Gasteiger partial charge is 0.191 e. The summed E-state index contributed by atoms with van der Waals surface area (Å²) in [7, 11) is 3.96. The third kappa shape index (κ3) is 5.75. The number of hydrogen-bond donors (Lipinski definition) is 2. The standard InChI is InChI=1S/C15H27N5O.HI/c1-11(2)14-7-13(21-19-14)9-18-15(16-3)17-8-12-5-6-20(4)10-12;/h7,11-12H,5-6,8-10H2,1-4H3,(H2,16,17,18);1H. The highest BCUT2D eigenvalue weighted by Gasteiger charge is 2.19. The van der Waals surface area contributed by atoms with Crippen LogP contribution < -0.4 is 10.6 Å². The molecular formula is C15H28IN5O. The van der Waals surface area contributed by atoms with Crippen molar-refractivity contribution >= 4 is 29.9 Å². The van der Waals surface area contributed by atoms with E-state index in [0.717, 1.165) is 30.5 Å². The van der Waals surface area contributed by atoms with E-state index in [1.165, 1.54) is 13.0 Å². The summed E-state index contributed by atoms with van der Waals surface area (Å²) in [5.74, 6) is 2.74. The summed E-state index contributed by atoms with van der Waals surface area (Å²) in [6, 6.07) is 2.00. The highest BCUT2D eigenvalue weighted by atomic mass is 127. The van der Waals surface area contributed by atoms with Crippen LogP contribution in [-0.4, -0.2) is 49.7 Å². The number of halogens is 1. The molecule has 2 rings (SSSR count). The maximum absolute atomic E-state index is 5.31. The third-order valence-corrected chi connectivity index (χ3v) is 3.87. The molecule has 0 saturated carbocycles. The molecule has 1 atom stereocenters. The van der Waals surface area contributed by atoms with E-state index in [0.29, 0.717) is 18.4 Å². The lowest BCUT2D eigenvalue weighted by atomic mass is 10.1. The maximum atomic E-state index is 5.31. The van der Waals surface area contributed by atoms with Gasteiger partial charge in [-0.1, -0.05) is 19.0 Å². The number of rotatable bonds is 5. The van der Waals surface area contributed by atoms with Gasteiger partial charge < -0.3 is 20.1 Å². The minimum atomic E-state index is 0. The van der Waals surface area contributed by atoms with Crippen molar-refractivity contribution in [1.29, 1.82) is 0 Å². The van der Waals surface area contributed by atoms with E-state index in [1.54, 1.807) is 7.05 Å². The van der Waals surface area contributed by atoms with Crippen LogP contribution in [0.3, 0.4) is 0 Å². The van der Waals surface area contributed by atoms with Gasteiger partial charge in [0.05, 0.1) is 12.2 Å². The molecule has 2 N–H and O–H groups in total. The van der Waals surface area contributed by atoms with E-state index in [4.69, 9.17) is 4.52 Å². The molecule has 1 aromatic rings. The molecule has 2 heterocycles. The van der Waals surface area contributed by atoms with E-state index in [9.17, 15) is 0 Å². The van der Waals surface area contributed by atoms with Crippen LogP contribution in [0.4, 0.5) is 0 Å². The van der Waals surface area contributed by atoms with E-state index >= 15 is 0 Å². The predicted octanol–water partition coefficient (Wildman–Crippen LogP) is 2.03. The van der Waals surface area contributed by atoms with E-state index in [1.807, 2.05) is 6.07 Å². The summed E-state index contributed by atoms with van der Waals surface area (Å²) in [5, 5.41) is 10.7. The minimum absolute atomic E-state index is 0. The van der Waals surface area contributed by atoms with Crippen molar-refractivity contribution in [2.45, 2.75) is 32.7 Å². The Morgan fingerprint density at radius 2 is 2.27 bits per heavy atom. The molecule has 0 amide bonds. The van der Waals surface area contributed by atoms with Gasteiger partial charge in [0.1, 0.15) is 0 Å². The zero-order valence-electron chi connectivity index (χ0n) is 13.9. The number of guanidine groups is 1. The normalized spacial score (nSPS) is 19.3. The molecule has 1 aliphatic rings. The van der Waals surface area contributed by atoms with Gasteiger partial charge in [-0.15, -0.1) is 24.0 Å². The predicted molar refractivity (Wildman–Crippen MR) is 99.8 cm³/mol. The fourth-order valence-electron chi connectivity index (χ4n) is 2.51. The van der Waals surface area contributed by atoms with Crippen LogP contribution in [0.5, 0.6) is 0 Å². The lowest BCUT2D eigenvalue weighted by Gasteiger charge is -2.14. The Morgan fingerprint density at radius 1 is 1.50 bits per heavy atom. The van der Waals surface area contributed by atoms with Crippen LogP contribution in [0.25, 0.3) is 0 Å².